The van der Waals surface area contributed by atoms with Gasteiger partial charge in [0, 0.05) is 19.1 Å². The lowest BCUT2D eigenvalue weighted by Crippen LogP contribution is -2.15. The molecule has 0 saturated heterocycles. The second-order valence-corrected chi connectivity index (χ2v) is 5.98. The predicted octanol–water partition coefficient (Wildman–Crippen LogP) is 0.623. The number of anilines is 1. The summed E-state index contributed by atoms with van der Waals surface area (Å²) in [5, 5.41) is 0. The van der Waals surface area contributed by atoms with Crippen LogP contribution in [0, 0.1) is 0 Å². The molecule has 0 aliphatic rings. The maximum atomic E-state index is 12.2. The Bertz CT molecular complexity index is 596. The van der Waals surface area contributed by atoms with E-state index >= 15 is 0 Å². The van der Waals surface area contributed by atoms with Gasteiger partial charge in [0.25, 0.3) is 0 Å². The van der Waals surface area contributed by atoms with Crippen molar-refractivity contribution in [2.45, 2.75) is 11.8 Å². The summed E-state index contributed by atoms with van der Waals surface area (Å²) in [6, 6.07) is 2.66. The van der Waals surface area contributed by atoms with Crippen LogP contribution in [0.5, 0.6) is 11.5 Å². The van der Waals surface area contributed by atoms with Crippen molar-refractivity contribution in [2.75, 3.05) is 32.3 Å². The number of nitrogen functional groups attached to an aromatic ring is 1. The summed E-state index contributed by atoms with van der Waals surface area (Å²) < 4.78 is 39.1. The van der Waals surface area contributed by atoms with Gasteiger partial charge < -0.3 is 19.9 Å². The lowest BCUT2D eigenvalue weighted by Gasteiger charge is -2.13. The molecule has 0 aliphatic heterocycles. The van der Waals surface area contributed by atoms with Crippen molar-refractivity contribution in [2.24, 2.45) is 0 Å². The molecule has 1 aromatic carbocycles. The first kappa shape index (κ1) is 16.1. The van der Waals surface area contributed by atoms with Crippen molar-refractivity contribution in [3.8, 4) is 11.5 Å². The Balaban J connectivity index is 3.12. The van der Waals surface area contributed by atoms with Gasteiger partial charge in [-0.25, -0.2) is 8.42 Å². The van der Waals surface area contributed by atoms with E-state index in [-0.39, 0.29) is 34.4 Å². The molecule has 0 saturated carbocycles. The van der Waals surface area contributed by atoms with Gasteiger partial charge in [-0.1, -0.05) is 0 Å². The van der Waals surface area contributed by atoms with Gasteiger partial charge in [0.15, 0.2) is 9.84 Å². The van der Waals surface area contributed by atoms with E-state index in [4.69, 9.17) is 15.2 Å². The molecule has 0 unspecified atom stereocenters. The molecule has 112 valence electrons. The Morgan fingerprint density at radius 2 is 1.80 bits per heavy atom. The average Bonchev–Trinajstić information content (AvgIpc) is 2.37. The van der Waals surface area contributed by atoms with E-state index in [0.717, 1.165) is 0 Å². The molecule has 7 nitrogen and oxygen atoms in total. The number of hydrogen-bond acceptors (Lipinski definition) is 7. The minimum absolute atomic E-state index is 0.0572. The van der Waals surface area contributed by atoms with Crippen LogP contribution in [0.1, 0.15) is 6.92 Å². The Morgan fingerprint density at radius 1 is 1.20 bits per heavy atom. The topological polar surface area (TPSA) is 105 Å². The molecule has 0 amide bonds. The second-order valence-electron chi connectivity index (χ2n) is 3.90. The van der Waals surface area contributed by atoms with E-state index in [1.165, 1.54) is 33.3 Å². The lowest BCUT2D eigenvalue weighted by molar-refractivity contribution is -0.140. The first-order valence-electron chi connectivity index (χ1n) is 5.69. The number of nitrogens with two attached hydrogens (primary N) is 1. The highest BCUT2D eigenvalue weighted by Gasteiger charge is 2.22. The fourth-order valence-corrected chi connectivity index (χ4v) is 2.80. The minimum Gasteiger partial charge on any atom is -0.495 e. The molecular formula is C12H17NO6S. The summed E-state index contributed by atoms with van der Waals surface area (Å²) in [6.07, 6.45) is 0. The number of sulfone groups is 1. The Kier molecular flexibility index (Phi) is 5.20. The normalized spacial score (nSPS) is 10.9. The summed E-state index contributed by atoms with van der Waals surface area (Å²) in [7, 11) is -0.964. The number of hydrogen-bond donors (Lipinski definition) is 1. The van der Waals surface area contributed by atoms with E-state index in [9.17, 15) is 13.2 Å². The average molecular weight is 303 g/mol. The third-order valence-corrected chi connectivity index (χ3v) is 4.20. The molecule has 0 spiro atoms. The molecule has 0 atom stereocenters. The van der Waals surface area contributed by atoms with Crippen molar-refractivity contribution in [1.82, 2.24) is 0 Å². The number of esters is 1. The zero-order chi connectivity index (χ0) is 15.3. The highest BCUT2D eigenvalue weighted by molar-refractivity contribution is 7.91. The third-order valence-electron chi connectivity index (χ3n) is 2.51. The Morgan fingerprint density at radius 3 is 2.30 bits per heavy atom. The SMILES string of the molecule is COc1cc(S(=O)(=O)CCOC(C)=O)c(OC)cc1N. The van der Waals surface area contributed by atoms with Crippen molar-refractivity contribution >= 4 is 21.5 Å². The maximum Gasteiger partial charge on any atom is 0.302 e. The largest absolute Gasteiger partial charge is 0.495 e. The molecule has 0 bridgehead atoms. The molecule has 1 aromatic rings. The molecule has 0 radical (unpaired) electrons. The molecule has 0 heterocycles. The monoisotopic (exact) mass is 303 g/mol. The van der Waals surface area contributed by atoms with Gasteiger partial charge in [-0.15, -0.1) is 0 Å². The summed E-state index contributed by atoms with van der Waals surface area (Å²) >= 11 is 0. The number of carbonyl (C=O) groups excluding carboxylic acids is 1. The molecule has 2 N–H and O–H groups in total. The second kappa shape index (κ2) is 6.47. The van der Waals surface area contributed by atoms with Crippen LogP contribution in [0.3, 0.4) is 0 Å². The van der Waals surface area contributed by atoms with Crippen LogP contribution in [0.25, 0.3) is 0 Å². The summed E-state index contributed by atoms with van der Waals surface area (Å²) in [6.45, 7) is 0.979. The first-order valence-corrected chi connectivity index (χ1v) is 7.34. The predicted molar refractivity (Wildman–Crippen MR) is 72.6 cm³/mol. The van der Waals surface area contributed by atoms with Gasteiger partial charge in [-0.3, -0.25) is 4.79 Å². The molecule has 1 rings (SSSR count). The summed E-state index contributed by atoms with van der Waals surface area (Å²) in [4.78, 5) is 10.6. The standard InChI is InChI=1S/C12H17NO6S/c1-8(14)19-4-5-20(15,16)12-7-10(17-2)9(13)6-11(12)18-3/h6-7H,4-5,13H2,1-3H3. The lowest BCUT2D eigenvalue weighted by atomic mass is 10.3. The Labute approximate surface area is 117 Å². The molecule has 0 aliphatic carbocycles. The summed E-state index contributed by atoms with van der Waals surface area (Å²) in [5.41, 5.74) is 5.96. The minimum atomic E-state index is -3.69. The van der Waals surface area contributed by atoms with E-state index in [0.29, 0.717) is 0 Å². The van der Waals surface area contributed by atoms with Gasteiger partial charge in [-0.2, -0.15) is 0 Å². The molecule has 0 aromatic heterocycles. The highest BCUT2D eigenvalue weighted by atomic mass is 32.2. The van der Waals surface area contributed by atoms with Gasteiger partial charge in [0.1, 0.15) is 23.0 Å². The first-order chi connectivity index (χ1) is 9.31. The van der Waals surface area contributed by atoms with Crippen molar-refractivity contribution in [3.63, 3.8) is 0 Å². The van der Waals surface area contributed by atoms with Crippen LogP contribution in [-0.2, 0) is 19.4 Å². The van der Waals surface area contributed by atoms with Crippen LogP contribution in [-0.4, -0.2) is 41.0 Å². The van der Waals surface area contributed by atoms with Crippen LogP contribution in [0.2, 0.25) is 0 Å². The third kappa shape index (κ3) is 3.77. The smallest absolute Gasteiger partial charge is 0.302 e. The van der Waals surface area contributed by atoms with E-state index < -0.39 is 15.8 Å². The van der Waals surface area contributed by atoms with Gasteiger partial charge in [0.2, 0.25) is 0 Å². The fourth-order valence-electron chi connectivity index (χ4n) is 1.54. The van der Waals surface area contributed by atoms with E-state index in [2.05, 4.69) is 4.74 Å². The van der Waals surface area contributed by atoms with Gasteiger partial charge in [-0.05, 0) is 0 Å². The fraction of sp³-hybridized carbons (Fsp3) is 0.417. The number of methoxy groups -OCH3 is 2. The molecule has 20 heavy (non-hydrogen) atoms. The van der Waals surface area contributed by atoms with Crippen molar-refractivity contribution < 1.29 is 27.4 Å². The number of rotatable bonds is 6. The van der Waals surface area contributed by atoms with E-state index in [1.807, 2.05) is 0 Å². The maximum absolute atomic E-state index is 12.2. The molecule has 8 heteroatoms. The summed E-state index contributed by atoms with van der Waals surface area (Å²) in [5.74, 6) is -0.541. The van der Waals surface area contributed by atoms with E-state index in [1.54, 1.807) is 0 Å². The molecule has 0 fully saturated rings. The Hall–Kier alpha value is -1.96. The van der Waals surface area contributed by atoms with Crippen LogP contribution < -0.4 is 15.2 Å². The van der Waals surface area contributed by atoms with Crippen molar-refractivity contribution in [3.05, 3.63) is 12.1 Å². The van der Waals surface area contributed by atoms with Crippen LogP contribution >= 0.6 is 0 Å². The molecular weight excluding hydrogens is 286 g/mol. The van der Waals surface area contributed by atoms with Gasteiger partial charge in [0.05, 0.1) is 25.7 Å². The highest BCUT2D eigenvalue weighted by Crippen LogP contribution is 2.34. The van der Waals surface area contributed by atoms with Gasteiger partial charge >= 0.3 is 5.97 Å². The number of benzene rings is 1. The number of ether oxygens (including phenoxy) is 3. The zero-order valence-corrected chi connectivity index (χ0v) is 12.3. The van der Waals surface area contributed by atoms with Crippen LogP contribution in [0.4, 0.5) is 5.69 Å². The van der Waals surface area contributed by atoms with Crippen LogP contribution in [0.15, 0.2) is 17.0 Å². The van der Waals surface area contributed by atoms with Crippen molar-refractivity contribution in [1.29, 1.82) is 0 Å². The zero-order valence-electron chi connectivity index (χ0n) is 11.5. The quantitative estimate of drug-likeness (QED) is 0.606. The number of carbonyl (C=O) groups is 1.